The van der Waals surface area contributed by atoms with E-state index in [1.165, 1.54) is 6.92 Å². The molecule has 24 heavy (non-hydrogen) atoms. The van der Waals surface area contributed by atoms with Gasteiger partial charge < -0.3 is 5.32 Å². The zero-order valence-electron chi connectivity index (χ0n) is 13.1. The molecular formula is C19H15N3O2. The number of anilines is 1. The van der Waals surface area contributed by atoms with Crippen LogP contribution in [0.2, 0.25) is 0 Å². The van der Waals surface area contributed by atoms with Crippen molar-refractivity contribution < 1.29 is 9.59 Å². The molecule has 0 aliphatic rings. The summed E-state index contributed by atoms with van der Waals surface area (Å²) in [5.41, 5.74) is 2.66. The van der Waals surface area contributed by atoms with Crippen molar-refractivity contribution in [3.8, 4) is 11.4 Å². The summed E-state index contributed by atoms with van der Waals surface area (Å²) in [5.74, 6) is -0.355. The maximum Gasteiger partial charge on any atom is 0.257 e. The number of nitrogens with zero attached hydrogens (tertiary/aromatic N) is 2. The first kappa shape index (κ1) is 15.6. The molecule has 0 spiro atoms. The minimum absolute atomic E-state index is 0.0540. The Morgan fingerprint density at radius 3 is 2.50 bits per heavy atom. The molecule has 118 valence electrons. The first-order chi connectivity index (χ1) is 11.6. The Kier molecular flexibility index (Phi) is 4.43. The van der Waals surface area contributed by atoms with Gasteiger partial charge in [-0.1, -0.05) is 18.2 Å². The van der Waals surface area contributed by atoms with Crippen LogP contribution in [0.5, 0.6) is 0 Å². The Hall–Kier alpha value is -3.34. The van der Waals surface area contributed by atoms with E-state index in [1.807, 2.05) is 6.07 Å². The Morgan fingerprint density at radius 1 is 0.917 bits per heavy atom. The third-order valence-corrected chi connectivity index (χ3v) is 3.49. The van der Waals surface area contributed by atoms with Gasteiger partial charge in [-0.15, -0.1) is 0 Å². The van der Waals surface area contributed by atoms with Crippen LogP contribution in [0.15, 0.2) is 67.0 Å². The summed E-state index contributed by atoms with van der Waals surface area (Å²) in [6, 6.07) is 15.7. The number of carbonyl (C=O) groups is 2. The van der Waals surface area contributed by atoms with E-state index in [2.05, 4.69) is 15.3 Å². The minimum Gasteiger partial charge on any atom is -0.322 e. The molecule has 2 heterocycles. The summed E-state index contributed by atoms with van der Waals surface area (Å²) in [6.07, 6.45) is 3.28. The number of aromatic nitrogens is 2. The molecule has 0 saturated heterocycles. The lowest BCUT2D eigenvalue weighted by atomic mass is 10.1. The summed E-state index contributed by atoms with van der Waals surface area (Å²) in [5, 5.41) is 2.80. The van der Waals surface area contributed by atoms with Crippen LogP contribution in [0.1, 0.15) is 27.6 Å². The molecule has 5 nitrogen and oxygen atoms in total. The molecular weight excluding hydrogens is 302 g/mol. The first-order valence-electron chi connectivity index (χ1n) is 7.44. The molecule has 0 atom stereocenters. The van der Waals surface area contributed by atoms with Gasteiger partial charge in [0.25, 0.3) is 5.91 Å². The lowest BCUT2D eigenvalue weighted by molar-refractivity contribution is 0.101. The average Bonchev–Trinajstić information content (AvgIpc) is 2.62. The molecule has 0 aliphatic heterocycles. The number of hydrogen-bond acceptors (Lipinski definition) is 4. The number of pyridine rings is 2. The third-order valence-electron chi connectivity index (χ3n) is 3.49. The second kappa shape index (κ2) is 6.83. The Labute approximate surface area is 139 Å². The van der Waals surface area contributed by atoms with Gasteiger partial charge in [0, 0.05) is 23.6 Å². The highest BCUT2D eigenvalue weighted by atomic mass is 16.1. The summed E-state index contributed by atoms with van der Waals surface area (Å²) in [7, 11) is 0. The standard InChI is InChI=1S/C19H15N3O2/c1-13(23)14-6-4-7-15(12-14)22-19(24)16-8-5-11-21-18(16)17-9-2-3-10-20-17/h2-12H,1H3,(H,22,24). The van der Waals surface area contributed by atoms with Crippen molar-refractivity contribution in [1.82, 2.24) is 9.97 Å². The van der Waals surface area contributed by atoms with Gasteiger partial charge in [-0.3, -0.25) is 19.6 Å². The molecule has 0 unspecified atom stereocenters. The van der Waals surface area contributed by atoms with E-state index >= 15 is 0 Å². The molecule has 3 rings (SSSR count). The highest BCUT2D eigenvalue weighted by molar-refractivity contribution is 6.08. The van der Waals surface area contributed by atoms with Crippen molar-refractivity contribution in [1.29, 1.82) is 0 Å². The molecule has 1 N–H and O–H groups in total. The van der Waals surface area contributed by atoms with Gasteiger partial charge in [-0.05, 0) is 43.3 Å². The van der Waals surface area contributed by atoms with E-state index in [1.54, 1.807) is 60.9 Å². The Balaban J connectivity index is 1.92. The van der Waals surface area contributed by atoms with Crippen LogP contribution in [-0.2, 0) is 0 Å². The molecule has 0 saturated carbocycles. The second-order valence-electron chi connectivity index (χ2n) is 5.21. The third kappa shape index (κ3) is 3.35. The fraction of sp³-hybridized carbons (Fsp3) is 0.0526. The predicted molar refractivity (Wildman–Crippen MR) is 91.9 cm³/mol. The number of ketones is 1. The van der Waals surface area contributed by atoms with E-state index in [0.29, 0.717) is 28.2 Å². The molecule has 5 heteroatoms. The van der Waals surface area contributed by atoms with Crippen molar-refractivity contribution in [3.05, 3.63) is 78.1 Å². The van der Waals surface area contributed by atoms with Gasteiger partial charge in [-0.25, -0.2) is 0 Å². The zero-order valence-corrected chi connectivity index (χ0v) is 13.1. The number of benzene rings is 1. The van der Waals surface area contributed by atoms with Crippen molar-refractivity contribution in [2.45, 2.75) is 6.92 Å². The smallest absolute Gasteiger partial charge is 0.257 e. The predicted octanol–water partition coefficient (Wildman–Crippen LogP) is 3.60. The van der Waals surface area contributed by atoms with Gasteiger partial charge in [0.2, 0.25) is 0 Å². The molecule has 0 bridgehead atoms. The summed E-state index contributed by atoms with van der Waals surface area (Å²) >= 11 is 0. The van der Waals surface area contributed by atoms with E-state index in [9.17, 15) is 9.59 Å². The maximum atomic E-state index is 12.6. The second-order valence-corrected chi connectivity index (χ2v) is 5.21. The van der Waals surface area contributed by atoms with Crippen LogP contribution in [0, 0.1) is 0 Å². The largest absolute Gasteiger partial charge is 0.322 e. The van der Waals surface area contributed by atoms with Gasteiger partial charge in [0.05, 0.1) is 11.3 Å². The fourth-order valence-corrected chi connectivity index (χ4v) is 2.31. The number of hydrogen-bond donors (Lipinski definition) is 1. The van der Waals surface area contributed by atoms with E-state index in [-0.39, 0.29) is 11.7 Å². The van der Waals surface area contributed by atoms with Crippen LogP contribution in [-0.4, -0.2) is 21.7 Å². The topological polar surface area (TPSA) is 72.0 Å². The van der Waals surface area contributed by atoms with Crippen molar-refractivity contribution >= 4 is 17.4 Å². The van der Waals surface area contributed by atoms with Gasteiger partial charge >= 0.3 is 0 Å². The van der Waals surface area contributed by atoms with Gasteiger partial charge in [0.1, 0.15) is 5.69 Å². The van der Waals surface area contributed by atoms with Gasteiger partial charge in [0.15, 0.2) is 5.78 Å². The van der Waals surface area contributed by atoms with Crippen molar-refractivity contribution in [2.24, 2.45) is 0 Å². The van der Waals surface area contributed by atoms with E-state index < -0.39 is 0 Å². The number of Topliss-reactive ketones (excluding diaryl/α,β-unsaturated/α-hetero) is 1. The Bertz CT molecular complexity index is 892. The van der Waals surface area contributed by atoms with Crippen LogP contribution in [0.4, 0.5) is 5.69 Å². The molecule has 0 aliphatic carbocycles. The quantitative estimate of drug-likeness (QED) is 0.746. The van der Waals surface area contributed by atoms with Crippen LogP contribution in [0.25, 0.3) is 11.4 Å². The van der Waals surface area contributed by atoms with E-state index in [0.717, 1.165) is 0 Å². The number of nitrogens with one attached hydrogen (secondary N) is 1. The summed E-state index contributed by atoms with van der Waals surface area (Å²) in [4.78, 5) is 32.6. The SMILES string of the molecule is CC(=O)c1cccc(NC(=O)c2cccnc2-c2ccccn2)c1. The van der Waals surface area contributed by atoms with Crippen LogP contribution >= 0.6 is 0 Å². The molecule has 3 aromatic rings. The Morgan fingerprint density at radius 2 is 1.75 bits per heavy atom. The minimum atomic E-state index is -0.301. The van der Waals surface area contributed by atoms with E-state index in [4.69, 9.17) is 0 Å². The van der Waals surface area contributed by atoms with Crippen LogP contribution < -0.4 is 5.32 Å². The van der Waals surface area contributed by atoms with Gasteiger partial charge in [-0.2, -0.15) is 0 Å². The number of amides is 1. The summed E-state index contributed by atoms with van der Waals surface area (Å²) < 4.78 is 0. The lowest BCUT2D eigenvalue weighted by Crippen LogP contribution is -2.14. The van der Waals surface area contributed by atoms with Crippen LogP contribution in [0.3, 0.4) is 0 Å². The number of rotatable bonds is 4. The normalized spacial score (nSPS) is 10.2. The molecule has 2 aromatic heterocycles. The molecule has 0 fully saturated rings. The highest BCUT2D eigenvalue weighted by Gasteiger charge is 2.15. The average molecular weight is 317 g/mol. The molecule has 0 radical (unpaired) electrons. The monoisotopic (exact) mass is 317 g/mol. The summed E-state index contributed by atoms with van der Waals surface area (Å²) in [6.45, 7) is 1.49. The highest BCUT2D eigenvalue weighted by Crippen LogP contribution is 2.20. The molecule has 1 aromatic carbocycles. The number of carbonyl (C=O) groups excluding carboxylic acids is 2. The van der Waals surface area contributed by atoms with Crippen molar-refractivity contribution in [2.75, 3.05) is 5.32 Å². The maximum absolute atomic E-state index is 12.6. The first-order valence-corrected chi connectivity index (χ1v) is 7.44. The molecule has 1 amide bonds. The fourth-order valence-electron chi connectivity index (χ4n) is 2.31. The lowest BCUT2D eigenvalue weighted by Gasteiger charge is -2.09. The van der Waals surface area contributed by atoms with Crippen molar-refractivity contribution in [3.63, 3.8) is 0 Å². The zero-order chi connectivity index (χ0) is 16.9.